The highest BCUT2D eigenvalue weighted by Crippen LogP contribution is 2.33. The lowest BCUT2D eigenvalue weighted by Crippen LogP contribution is -2.43. The summed E-state index contributed by atoms with van der Waals surface area (Å²) in [6, 6.07) is 2.59. The summed E-state index contributed by atoms with van der Waals surface area (Å²) >= 11 is 0. The third-order valence-electron chi connectivity index (χ3n) is 3.33. The summed E-state index contributed by atoms with van der Waals surface area (Å²) in [5.74, 6) is -0.926. The molecule has 0 bridgehead atoms. The van der Waals surface area contributed by atoms with Gasteiger partial charge in [0.2, 0.25) is 5.82 Å². The van der Waals surface area contributed by atoms with Gasteiger partial charge in [-0.2, -0.15) is 0 Å². The van der Waals surface area contributed by atoms with E-state index >= 15 is 0 Å². The quantitative estimate of drug-likeness (QED) is 0.554. The first-order valence-corrected chi connectivity index (χ1v) is 5.87. The Bertz CT molecular complexity index is 525. The van der Waals surface area contributed by atoms with Gasteiger partial charge >= 0.3 is 11.7 Å². The molecule has 1 fully saturated rings. The maximum Gasteiger partial charge on any atom is 0.329 e. The summed E-state index contributed by atoms with van der Waals surface area (Å²) in [6.45, 7) is 0. The first-order valence-electron chi connectivity index (χ1n) is 5.87. The number of nitrogens with two attached hydrogens (primary N) is 1. The number of hydrogen-bond donors (Lipinski definition) is 3. The van der Waals surface area contributed by atoms with Crippen molar-refractivity contribution in [1.82, 2.24) is 4.98 Å². The van der Waals surface area contributed by atoms with E-state index in [0.29, 0.717) is 12.8 Å². The summed E-state index contributed by atoms with van der Waals surface area (Å²) in [4.78, 5) is 25.2. The smallest absolute Gasteiger partial charge is 0.329 e. The lowest BCUT2D eigenvalue weighted by molar-refractivity contribution is -0.384. The van der Waals surface area contributed by atoms with Crippen LogP contribution in [-0.4, -0.2) is 26.5 Å². The van der Waals surface area contributed by atoms with Crippen LogP contribution in [0.2, 0.25) is 0 Å². The van der Waals surface area contributed by atoms with Gasteiger partial charge in [0.05, 0.1) is 4.92 Å². The summed E-state index contributed by atoms with van der Waals surface area (Å²) in [5, 5.41) is 22.8. The molecule has 102 valence electrons. The van der Waals surface area contributed by atoms with Crippen molar-refractivity contribution in [3.8, 4) is 0 Å². The molecule has 0 saturated heterocycles. The molecule has 0 aliphatic heterocycles. The Morgan fingerprint density at radius 1 is 1.47 bits per heavy atom. The summed E-state index contributed by atoms with van der Waals surface area (Å²) in [5.41, 5.74) is 4.14. The second kappa shape index (κ2) is 4.71. The summed E-state index contributed by atoms with van der Waals surface area (Å²) < 4.78 is 0. The molecule has 0 aromatic carbocycles. The van der Waals surface area contributed by atoms with E-state index < -0.39 is 16.4 Å². The highest BCUT2D eigenvalue weighted by atomic mass is 16.6. The SMILES string of the molecule is Nc1nc(NC2(C(=O)O)CCCC2)ccc1[N+](=O)[O-]. The molecule has 8 heteroatoms. The number of nitrogen functional groups attached to an aromatic ring is 1. The van der Waals surface area contributed by atoms with Gasteiger partial charge < -0.3 is 16.2 Å². The Morgan fingerprint density at radius 3 is 2.58 bits per heavy atom. The molecule has 0 amide bonds. The van der Waals surface area contributed by atoms with E-state index in [1.165, 1.54) is 12.1 Å². The van der Waals surface area contributed by atoms with Crippen molar-refractivity contribution in [2.75, 3.05) is 11.1 Å². The number of anilines is 2. The lowest BCUT2D eigenvalue weighted by Gasteiger charge is -2.25. The van der Waals surface area contributed by atoms with Gasteiger partial charge in [0.1, 0.15) is 11.4 Å². The Kier molecular flexibility index (Phi) is 3.24. The molecule has 1 aliphatic carbocycles. The number of nitrogens with zero attached hydrogens (tertiary/aromatic N) is 2. The standard InChI is InChI=1S/C11H14N4O4/c12-9-7(15(18)19)3-4-8(13-9)14-11(10(16)17)5-1-2-6-11/h3-4H,1-2,5-6H2,(H,16,17)(H3,12,13,14). The van der Waals surface area contributed by atoms with Gasteiger partial charge in [0.15, 0.2) is 0 Å². The molecule has 1 aromatic heterocycles. The molecule has 1 aliphatic rings. The van der Waals surface area contributed by atoms with Crippen LogP contribution in [0.3, 0.4) is 0 Å². The Labute approximate surface area is 108 Å². The van der Waals surface area contributed by atoms with E-state index in [9.17, 15) is 20.0 Å². The maximum atomic E-state index is 11.4. The number of aliphatic carboxylic acids is 1. The molecule has 8 nitrogen and oxygen atoms in total. The normalized spacial score (nSPS) is 17.1. The molecule has 1 aromatic rings. The third-order valence-corrected chi connectivity index (χ3v) is 3.33. The minimum atomic E-state index is -1.05. The zero-order chi connectivity index (χ0) is 14.0. The molecular formula is C11H14N4O4. The van der Waals surface area contributed by atoms with Gasteiger partial charge in [0, 0.05) is 6.07 Å². The number of rotatable bonds is 4. The molecule has 0 spiro atoms. The third kappa shape index (κ3) is 2.42. The van der Waals surface area contributed by atoms with Crippen LogP contribution >= 0.6 is 0 Å². The largest absolute Gasteiger partial charge is 0.480 e. The number of nitro groups is 1. The molecule has 0 radical (unpaired) electrons. The minimum Gasteiger partial charge on any atom is -0.480 e. The molecule has 1 saturated carbocycles. The van der Waals surface area contributed by atoms with Gasteiger partial charge in [-0.1, -0.05) is 12.8 Å². The maximum absolute atomic E-state index is 11.4. The predicted molar refractivity (Wildman–Crippen MR) is 67.8 cm³/mol. The van der Waals surface area contributed by atoms with E-state index in [2.05, 4.69) is 10.3 Å². The van der Waals surface area contributed by atoms with Gasteiger partial charge in [0.25, 0.3) is 0 Å². The number of pyridine rings is 1. The van der Waals surface area contributed by atoms with Crippen LogP contribution < -0.4 is 11.1 Å². The van der Waals surface area contributed by atoms with Crippen molar-refractivity contribution in [3.63, 3.8) is 0 Å². The Hall–Kier alpha value is -2.38. The highest BCUT2D eigenvalue weighted by molar-refractivity contribution is 5.83. The molecule has 1 heterocycles. The van der Waals surface area contributed by atoms with Crippen molar-refractivity contribution >= 4 is 23.3 Å². The van der Waals surface area contributed by atoms with Crippen LogP contribution in [0.15, 0.2) is 12.1 Å². The topological polar surface area (TPSA) is 131 Å². The fourth-order valence-corrected chi connectivity index (χ4v) is 2.31. The highest BCUT2D eigenvalue weighted by Gasteiger charge is 2.41. The summed E-state index contributed by atoms with van der Waals surface area (Å²) in [7, 11) is 0. The lowest BCUT2D eigenvalue weighted by atomic mass is 9.98. The van der Waals surface area contributed by atoms with Crippen LogP contribution in [0, 0.1) is 10.1 Å². The number of carbonyl (C=O) groups is 1. The van der Waals surface area contributed by atoms with Crippen LogP contribution in [0.1, 0.15) is 25.7 Å². The van der Waals surface area contributed by atoms with Crippen molar-refractivity contribution < 1.29 is 14.8 Å². The fourth-order valence-electron chi connectivity index (χ4n) is 2.31. The first-order chi connectivity index (χ1) is 8.94. The minimum absolute atomic E-state index is 0.228. The molecular weight excluding hydrogens is 252 g/mol. The van der Waals surface area contributed by atoms with Crippen molar-refractivity contribution in [2.45, 2.75) is 31.2 Å². The fraction of sp³-hybridized carbons (Fsp3) is 0.455. The number of nitrogens with one attached hydrogen (secondary N) is 1. The second-order valence-corrected chi connectivity index (χ2v) is 4.58. The number of aromatic nitrogens is 1. The van der Waals surface area contributed by atoms with Crippen LogP contribution in [0.4, 0.5) is 17.3 Å². The first kappa shape index (κ1) is 13.1. The van der Waals surface area contributed by atoms with E-state index in [0.717, 1.165) is 12.8 Å². The molecule has 19 heavy (non-hydrogen) atoms. The van der Waals surface area contributed by atoms with Gasteiger partial charge in [-0.05, 0) is 18.9 Å². The van der Waals surface area contributed by atoms with Crippen LogP contribution in [-0.2, 0) is 4.79 Å². The number of carboxylic acid groups (broad SMARTS) is 1. The van der Waals surface area contributed by atoms with E-state index in [1.807, 2.05) is 0 Å². The van der Waals surface area contributed by atoms with Gasteiger partial charge in [-0.25, -0.2) is 9.78 Å². The number of hydrogen-bond acceptors (Lipinski definition) is 6. The molecule has 0 unspecified atom stereocenters. The Morgan fingerprint density at radius 2 is 2.11 bits per heavy atom. The average Bonchev–Trinajstić information content (AvgIpc) is 2.78. The molecule has 2 rings (SSSR count). The monoisotopic (exact) mass is 266 g/mol. The van der Waals surface area contributed by atoms with Crippen LogP contribution in [0.25, 0.3) is 0 Å². The van der Waals surface area contributed by atoms with E-state index in [4.69, 9.17) is 5.73 Å². The molecule has 0 atom stereocenters. The van der Waals surface area contributed by atoms with Crippen molar-refractivity contribution in [3.05, 3.63) is 22.2 Å². The average molecular weight is 266 g/mol. The second-order valence-electron chi connectivity index (χ2n) is 4.58. The van der Waals surface area contributed by atoms with E-state index in [-0.39, 0.29) is 17.3 Å². The van der Waals surface area contributed by atoms with Gasteiger partial charge in [-0.15, -0.1) is 0 Å². The van der Waals surface area contributed by atoms with E-state index in [1.54, 1.807) is 0 Å². The zero-order valence-corrected chi connectivity index (χ0v) is 10.1. The van der Waals surface area contributed by atoms with Crippen LogP contribution in [0.5, 0.6) is 0 Å². The predicted octanol–water partition coefficient (Wildman–Crippen LogP) is 1.38. The summed E-state index contributed by atoms with van der Waals surface area (Å²) in [6.07, 6.45) is 2.64. The zero-order valence-electron chi connectivity index (χ0n) is 10.1. The van der Waals surface area contributed by atoms with Crippen molar-refractivity contribution in [1.29, 1.82) is 0 Å². The Balaban J connectivity index is 2.26. The van der Waals surface area contributed by atoms with Gasteiger partial charge in [-0.3, -0.25) is 10.1 Å². The number of carboxylic acids is 1. The van der Waals surface area contributed by atoms with Crippen molar-refractivity contribution in [2.24, 2.45) is 0 Å². The molecule has 4 N–H and O–H groups in total.